The summed E-state index contributed by atoms with van der Waals surface area (Å²) >= 11 is 0. The molecule has 0 unspecified atom stereocenters. The Morgan fingerprint density at radius 2 is 2.06 bits per heavy atom. The van der Waals surface area contributed by atoms with Gasteiger partial charge in [-0.25, -0.2) is 0 Å². The molecule has 0 aliphatic carbocycles. The largest absolute Gasteiger partial charge is 0.330 e. The first-order valence-electron chi connectivity index (χ1n) is 5.32. The Bertz CT molecular complexity index is 288. The summed E-state index contributed by atoms with van der Waals surface area (Å²) in [6.45, 7) is 6.94. The summed E-state index contributed by atoms with van der Waals surface area (Å²) in [5.41, 5.74) is 6.98. The SMILES string of the molecule is CN(Cc1ccccn1)CC(C)(C)CN.Cl. The Balaban J connectivity index is 0.00000225. The third kappa shape index (κ3) is 5.45. The van der Waals surface area contributed by atoms with Crippen LogP contribution in [0.15, 0.2) is 24.4 Å². The predicted molar refractivity (Wildman–Crippen MR) is 70.7 cm³/mol. The average Bonchev–Trinajstić information content (AvgIpc) is 2.18. The molecule has 1 aromatic rings. The number of hydrogen-bond donors (Lipinski definition) is 1. The summed E-state index contributed by atoms with van der Waals surface area (Å²) in [6, 6.07) is 6.00. The molecule has 0 fully saturated rings. The highest BCUT2D eigenvalue weighted by Crippen LogP contribution is 2.14. The van der Waals surface area contributed by atoms with Crippen molar-refractivity contribution in [3.8, 4) is 0 Å². The molecule has 0 saturated heterocycles. The van der Waals surface area contributed by atoms with Crippen molar-refractivity contribution in [3.05, 3.63) is 30.1 Å². The normalized spacial score (nSPS) is 11.3. The van der Waals surface area contributed by atoms with Crippen LogP contribution in [0.5, 0.6) is 0 Å². The summed E-state index contributed by atoms with van der Waals surface area (Å²) in [5, 5.41) is 0. The molecular weight excluding hydrogens is 222 g/mol. The summed E-state index contributed by atoms with van der Waals surface area (Å²) < 4.78 is 0. The van der Waals surface area contributed by atoms with Gasteiger partial charge in [0.2, 0.25) is 0 Å². The topological polar surface area (TPSA) is 42.2 Å². The molecule has 0 aliphatic rings. The van der Waals surface area contributed by atoms with E-state index in [-0.39, 0.29) is 17.8 Å². The van der Waals surface area contributed by atoms with E-state index in [1.807, 2.05) is 24.4 Å². The third-order valence-electron chi connectivity index (χ3n) is 2.41. The summed E-state index contributed by atoms with van der Waals surface area (Å²) in [4.78, 5) is 6.56. The van der Waals surface area contributed by atoms with Crippen LogP contribution in [0.25, 0.3) is 0 Å². The van der Waals surface area contributed by atoms with Gasteiger partial charge in [0.05, 0.1) is 5.69 Å². The molecule has 0 radical (unpaired) electrons. The van der Waals surface area contributed by atoms with Crippen molar-refractivity contribution in [2.75, 3.05) is 20.1 Å². The molecule has 2 N–H and O–H groups in total. The van der Waals surface area contributed by atoms with Crippen molar-refractivity contribution in [3.63, 3.8) is 0 Å². The molecule has 0 spiro atoms. The van der Waals surface area contributed by atoms with Crippen LogP contribution in [0.1, 0.15) is 19.5 Å². The summed E-state index contributed by atoms with van der Waals surface area (Å²) in [6.07, 6.45) is 1.83. The Labute approximate surface area is 104 Å². The number of rotatable bonds is 5. The van der Waals surface area contributed by atoms with Crippen LogP contribution < -0.4 is 5.73 Å². The molecule has 16 heavy (non-hydrogen) atoms. The van der Waals surface area contributed by atoms with Gasteiger partial charge in [-0.05, 0) is 31.1 Å². The fourth-order valence-corrected chi connectivity index (χ4v) is 1.62. The van der Waals surface area contributed by atoms with Crippen LogP contribution in [0.4, 0.5) is 0 Å². The Morgan fingerprint density at radius 3 is 2.56 bits per heavy atom. The zero-order valence-electron chi connectivity index (χ0n) is 10.3. The molecule has 92 valence electrons. The molecular formula is C12H22ClN3. The Kier molecular flexibility index (Phi) is 6.56. The number of hydrogen-bond acceptors (Lipinski definition) is 3. The highest BCUT2D eigenvalue weighted by Gasteiger charge is 2.17. The Morgan fingerprint density at radius 1 is 1.38 bits per heavy atom. The Hall–Kier alpha value is -0.640. The van der Waals surface area contributed by atoms with E-state index >= 15 is 0 Å². The minimum atomic E-state index is 0. The van der Waals surface area contributed by atoms with Crippen LogP contribution in [-0.4, -0.2) is 30.0 Å². The standard InChI is InChI=1S/C12H21N3.ClH/c1-12(2,9-13)10-15(3)8-11-6-4-5-7-14-11;/h4-7H,8-10,13H2,1-3H3;1H. The molecule has 3 nitrogen and oxygen atoms in total. The molecule has 0 atom stereocenters. The highest BCUT2D eigenvalue weighted by molar-refractivity contribution is 5.85. The first-order chi connectivity index (χ1) is 7.03. The molecule has 1 aromatic heterocycles. The van der Waals surface area contributed by atoms with Crippen molar-refractivity contribution in [1.29, 1.82) is 0 Å². The number of halogens is 1. The lowest BCUT2D eigenvalue weighted by atomic mass is 9.93. The van der Waals surface area contributed by atoms with Crippen molar-refractivity contribution >= 4 is 12.4 Å². The number of aromatic nitrogens is 1. The van der Waals surface area contributed by atoms with Gasteiger partial charge in [0.1, 0.15) is 0 Å². The van der Waals surface area contributed by atoms with Gasteiger partial charge in [-0.2, -0.15) is 0 Å². The maximum atomic E-state index is 5.71. The van der Waals surface area contributed by atoms with Gasteiger partial charge in [0.15, 0.2) is 0 Å². The fraction of sp³-hybridized carbons (Fsp3) is 0.583. The van der Waals surface area contributed by atoms with Gasteiger partial charge >= 0.3 is 0 Å². The van der Waals surface area contributed by atoms with E-state index < -0.39 is 0 Å². The van der Waals surface area contributed by atoms with E-state index in [2.05, 4.69) is 30.8 Å². The lowest BCUT2D eigenvalue weighted by Crippen LogP contribution is -2.36. The quantitative estimate of drug-likeness (QED) is 0.859. The third-order valence-corrected chi connectivity index (χ3v) is 2.41. The zero-order chi connectivity index (χ0) is 11.3. The molecule has 4 heteroatoms. The minimum absolute atomic E-state index is 0. The maximum Gasteiger partial charge on any atom is 0.0543 e. The van der Waals surface area contributed by atoms with Crippen LogP contribution in [0, 0.1) is 5.41 Å². The molecule has 0 aromatic carbocycles. The van der Waals surface area contributed by atoms with Crippen LogP contribution >= 0.6 is 12.4 Å². The predicted octanol–water partition coefficient (Wildman–Crippen LogP) is 1.92. The molecule has 1 rings (SSSR count). The maximum absolute atomic E-state index is 5.71. The number of nitrogens with two attached hydrogens (primary N) is 1. The first-order valence-corrected chi connectivity index (χ1v) is 5.32. The van der Waals surface area contributed by atoms with Crippen molar-refractivity contribution in [2.24, 2.45) is 11.1 Å². The van der Waals surface area contributed by atoms with Crippen LogP contribution in [-0.2, 0) is 6.54 Å². The lowest BCUT2D eigenvalue weighted by molar-refractivity contribution is 0.208. The molecule has 1 heterocycles. The van der Waals surface area contributed by atoms with Gasteiger partial charge in [0, 0.05) is 19.3 Å². The number of pyridine rings is 1. The smallest absolute Gasteiger partial charge is 0.0543 e. The fourth-order valence-electron chi connectivity index (χ4n) is 1.62. The van der Waals surface area contributed by atoms with E-state index in [4.69, 9.17) is 5.73 Å². The van der Waals surface area contributed by atoms with Gasteiger partial charge in [0.25, 0.3) is 0 Å². The molecule has 0 saturated carbocycles. The van der Waals surface area contributed by atoms with E-state index in [1.165, 1.54) is 0 Å². The zero-order valence-corrected chi connectivity index (χ0v) is 11.1. The van der Waals surface area contributed by atoms with Gasteiger partial charge in [-0.15, -0.1) is 12.4 Å². The molecule has 0 amide bonds. The van der Waals surface area contributed by atoms with Crippen LogP contribution in [0.2, 0.25) is 0 Å². The second kappa shape index (κ2) is 6.84. The highest BCUT2D eigenvalue weighted by atomic mass is 35.5. The van der Waals surface area contributed by atoms with Crippen molar-refractivity contribution in [2.45, 2.75) is 20.4 Å². The van der Waals surface area contributed by atoms with Gasteiger partial charge < -0.3 is 5.73 Å². The van der Waals surface area contributed by atoms with E-state index in [1.54, 1.807) is 0 Å². The summed E-state index contributed by atoms with van der Waals surface area (Å²) in [7, 11) is 2.10. The minimum Gasteiger partial charge on any atom is -0.330 e. The van der Waals surface area contributed by atoms with Crippen molar-refractivity contribution < 1.29 is 0 Å². The van der Waals surface area contributed by atoms with Gasteiger partial charge in [-0.3, -0.25) is 9.88 Å². The molecule has 0 bridgehead atoms. The van der Waals surface area contributed by atoms with Crippen LogP contribution in [0.3, 0.4) is 0 Å². The second-order valence-corrected chi connectivity index (χ2v) is 4.86. The monoisotopic (exact) mass is 243 g/mol. The van der Waals surface area contributed by atoms with Crippen molar-refractivity contribution in [1.82, 2.24) is 9.88 Å². The van der Waals surface area contributed by atoms with E-state index in [9.17, 15) is 0 Å². The average molecular weight is 244 g/mol. The molecule has 0 aliphatic heterocycles. The first kappa shape index (κ1) is 15.4. The van der Waals surface area contributed by atoms with E-state index in [0.29, 0.717) is 6.54 Å². The van der Waals surface area contributed by atoms with E-state index in [0.717, 1.165) is 18.8 Å². The summed E-state index contributed by atoms with van der Waals surface area (Å²) in [5.74, 6) is 0. The second-order valence-electron chi connectivity index (χ2n) is 4.86. The lowest BCUT2D eigenvalue weighted by Gasteiger charge is -2.28. The van der Waals surface area contributed by atoms with Gasteiger partial charge in [-0.1, -0.05) is 19.9 Å². The number of nitrogens with zero attached hydrogens (tertiary/aromatic N) is 2.